The number of nitrogen functional groups attached to an aromatic ring is 1. The molecule has 4 nitrogen and oxygen atoms in total. The lowest BCUT2D eigenvalue weighted by Crippen LogP contribution is -2.30. The average Bonchev–Trinajstić information content (AvgIpc) is 2.44. The van der Waals surface area contributed by atoms with E-state index in [1.807, 2.05) is 18.2 Å². The number of fused-ring (bicyclic) bond motifs is 1. The summed E-state index contributed by atoms with van der Waals surface area (Å²) < 4.78 is 1.72. The minimum Gasteiger partial charge on any atom is -0.709 e. The van der Waals surface area contributed by atoms with Crippen LogP contribution in [-0.2, 0) is 0 Å². The Bertz CT molecular complexity index is 412. The van der Waals surface area contributed by atoms with Gasteiger partial charge in [0.1, 0.15) is 5.52 Å². The molecular formula is C7H7N3OS. The molecule has 1 aromatic carbocycles. The highest BCUT2D eigenvalue weighted by atomic mass is 32.1. The lowest BCUT2D eigenvalue weighted by atomic mass is 10.3. The van der Waals surface area contributed by atoms with E-state index in [0.29, 0.717) is 10.6 Å². The van der Waals surface area contributed by atoms with Crippen LogP contribution in [-0.4, -0.2) is 0 Å². The van der Waals surface area contributed by atoms with Crippen LogP contribution in [0.15, 0.2) is 24.3 Å². The maximum absolute atomic E-state index is 11.3. The third-order valence-electron chi connectivity index (χ3n) is 1.60. The summed E-state index contributed by atoms with van der Waals surface area (Å²) in [6, 6.07) is 7.36. The van der Waals surface area contributed by atoms with Gasteiger partial charge in [-0.25, -0.2) is 4.73 Å². The number of rotatable bonds is 1. The van der Waals surface area contributed by atoms with Gasteiger partial charge < -0.3 is 5.21 Å². The Morgan fingerprint density at radius 3 is 2.83 bits per heavy atom. The predicted octanol–water partition coefficient (Wildman–Crippen LogP) is 0.820. The number of nitrogens with zero attached hydrogens (tertiary/aromatic N) is 1. The smallest absolute Gasteiger partial charge is 0.356 e. The molecule has 2 aromatic rings. The van der Waals surface area contributed by atoms with E-state index in [0.717, 1.165) is 9.43 Å². The molecule has 12 heavy (non-hydrogen) atoms. The van der Waals surface area contributed by atoms with E-state index < -0.39 is 0 Å². The van der Waals surface area contributed by atoms with Gasteiger partial charge in [-0.05, 0) is 23.5 Å². The summed E-state index contributed by atoms with van der Waals surface area (Å²) in [7, 11) is 0. The zero-order valence-corrected chi connectivity index (χ0v) is 6.97. The van der Waals surface area contributed by atoms with Crippen molar-refractivity contribution in [1.29, 1.82) is 0 Å². The first kappa shape index (κ1) is 7.33. The van der Waals surface area contributed by atoms with Gasteiger partial charge in [0, 0.05) is 0 Å². The van der Waals surface area contributed by atoms with Crippen molar-refractivity contribution in [2.24, 2.45) is 5.84 Å². The fourth-order valence-corrected chi connectivity index (χ4v) is 1.90. The fraction of sp³-hybridized carbons (Fsp3) is 0. The van der Waals surface area contributed by atoms with Crippen LogP contribution >= 0.6 is 11.3 Å². The summed E-state index contributed by atoms with van der Waals surface area (Å²) in [5.74, 6) is 5.15. The quantitative estimate of drug-likeness (QED) is 0.296. The number of hydrogen-bond donors (Lipinski definition) is 2. The summed E-state index contributed by atoms with van der Waals surface area (Å²) in [5, 5.41) is 11.8. The van der Waals surface area contributed by atoms with Gasteiger partial charge in [0.15, 0.2) is 0 Å². The molecule has 0 fully saturated rings. The topological polar surface area (TPSA) is 65.0 Å². The minimum absolute atomic E-state index is 0.413. The summed E-state index contributed by atoms with van der Waals surface area (Å²) in [6.45, 7) is 0. The number of anilines is 1. The van der Waals surface area contributed by atoms with Crippen molar-refractivity contribution < 1.29 is 4.73 Å². The first-order valence-electron chi connectivity index (χ1n) is 3.40. The van der Waals surface area contributed by atoms with Gasteiger partial charge in [-0.2, -0.15) is 11.3 Å². The van der Waals surface area contributed by atoms with E-state index in [4.69, 9.17) is 5.84 Å². The monoisotopic (exact) mass is 181 g/mol. The third kappa shape index (κ3) is 0.910. The highest BCUT2D eigenvalue weighted by molar-refractivity contribution is 7.21. The van der Waals surface area contributed by atoms with E-state index in [1.165, 1.54) is 11.3 Å². The molecular weight excluding hydrogens is 174 g/mol. The van der Waals surface area contributed by atoms with Gasteiger partial charge >= 0.3 is 5.13 Å². The largest absolute Gasteiger partial charge is 0.709 e. The van der Waals surface area contributed by atoms with Crippen molar-refractivity contribution in [3.8, 4) is 0 Å². The van der Waals surface area contributed by atoms with Gasteiger partial charge in [-0.3, -0.25) is 0 Å². The Labute approximate surface area is 72.8 Å². The number of para-hydroxylation sites is 1. The molecule has 0 aliphatic heterocycles. The van der Waals surface area contributed by atoms with E-state index >= 15 is 0 Å². The van der Waals surface area contributed by atoms with Gasteiger partial charge in [0.25, 0.3) is 0 Å². The number of nitrogens with two attached hydrogens (primary N) is 1. The van der Waals surface area contributed by atoms with Gasteiger partial charge in [0.05, 0.1) is 4.70 Å². The third-order valence-corrected chi connectivity index (χ3v) is 2.64. The Morgan fingerprint density at radius 1 is 1.42 bits per heavy atom. The van der Waals surface area contributed by atoms with E-state index in [2.05, 4.69) is 5.43 Å². The van der Waals surface area contributed by atoms with Crippen molar-refractivity contribution in [2.75, 3.05) is 5.43 Å². The number of hydrogen-bond acceptors (Lipinski definition) is 4. The lowest BCUT2D eigenvalue weighted by molar-refractivity contribution is -0.557. The van der Waals surface area contributed by atoms with E-state index in [-0.39, 0.29) is 0 Å². The second kappa shape index (κ2) is 2.62. The van der Waals surface area contributed by atoms with Crippen molar-refractivity contribution in [1.82, 2.24) is 0 Å². The molecule has 1 aromatic heterocycles. The van der Waals surface area contributed by atoms with Crippen LogP contribution < -0.4 is 16.0 Å². The van der Waals surface area contributed by atoms with E-state index in [9.17, 15) is 5.21 Å². The van der Waals surface area contributed by atoms with Crippen LogP contribution in [0.2, 0.25) is 0 Å². The molecule has 0 bridgehead atoms. The van der Waals surface area contributed by atoms with E-state index in [1.54, 1.807) is 6.07 Å². The molecule has 62 valence electrons. The van der Waals surface area contributed by atoms with Crippen LogP contribution in [0.25, 0.3) is 10.2 Å². The minimum atomic E-state index is 0.413. The Kier molecular flexibility index (Phi) is 1.60. The molecule has 0 aliphatic carbocycles. The van der Waals surface area contributed by atoms with Crippen molar-refractivity contribution in [3.05, 3.63) is 29.5 Å². The highest BCUT2D eigenvalue weighted by Crippen LogP contribution is 2.22. The molecule has 5 heteroatoms. The summed E-state index contributed by atoms with van der Waals surface area (Å²) in [4.78, 5) is 0. The maximum atomic E-state index is 11.3. The zero-order valence-electron chi connectivity index (χ0n) is 6.15. The number of hydrazine groups is 1. The first-order valence-corrected chi connectivity index (χ1v) is 4.22. The molecule has 3 N–H and O–H groups in total. The number of thiazole rings is 1. The van der Waals surface area contributed by atoms with Crippen molar-refractivity contribution in [3.63, 3.8) is 0 Å². The van der Waals surface area contributed by atoms with Crippen LogP contribution in [0.3, 0.4) is 0 Å². The van der Waals surface area contributed by atoms with Crippen molar-refractivity contribution in [2.45, 2.75) is 0 Å². The molecule has 0 radical (unpaired) electrons. The molecule has 0 saturated heterocycles. The van der Waals surface area contributed by atoms with Gasteiger partial charge in [0.2, 0.25) is 0 Å². The summed E-state index contributed by atoms with van der Waals surface area (Å²) >= 11 is 1.34. The van der Waals surface area contributed by atoms with Gasteiger partial charge in [-0.15, -0.1) is 0 Å². The molecule has 0 amide bonds. The van der Waals surface area contributed by atoms with Crippen LogP contribution in [0.4, 0.5) is 5.13 Å². The predicted molar refractivity (Wildman–Crippen MR) is 48.6 cm³/mol. The highest BCUT2D eigenvalue weighted by Gasteiger charge is 2.09. The molecule has 1 heterocycles. The Morgan fingerprint density at radius 2 is 2.17 bits per heavy atom. The molecule has 0 spiro atoms. The summed E-state index contributed by atoms with van der Waals surface area (Å²) in [5.41, 5.74) is 3.00. The molecule has 2 rings (SSSR count). The second-order valence-electron chi connectivity index (χ2n) is 2.31. The lowest BCUT2D eigenvalue weighted by Gasteiger charge is -1.99. The molecule has 0 saturated carbocycles. The average molecular weight is 181 g/mol. The zero-order chi connectivity index (χ0) is 8.55. The standard InChI is InChI=1S/C7H7N3OS/c8-9-7-10(11)5-3-1-2-4-6(5)12-7/h1-4,9H,8H2. The summed E-state index contributed by atoms with van der Waals surface area (Å²) in [6.07, 6.45) is 0. The number of aromatic nitrogens is 1. The SMILES string of the molecule is NNc1sc2ccccc2[n+]1[O-]. The van der Waals surface area contributed by atoms with Crippen LogP contribution in [0, 0.1) is 5.21 Å². The number of benzene rings is 1. The Balaban J connectivity index is 2.78. The second-order valence-corrected chi connectivity index (χ2v) is 3.34. The Hall–Kier alpha value is -1.33. The van der Waals surface area contributed by atoms with Crippen LogP contribution in [0.5, 0.6) is 0 Å². The van der Waals surface area contributed by atoms with Gasteiger partial charge in [-0.1, -0.05) is 12.1 Å². The number of nitrogens with one attached hydrogen (secondary N) is 1. The normalized spacial score (nSPS) is 10.4. The maximum Gasteiger partial charge on any atom is 0.356 e. The molecule has 0 unspecified atom stereocenters. The molecule has 0 atom stereocenters. The molecule has 0 aliphatic rings. The van der Waals surface area contributed by atoms with Crippen molar-refractivity contribution >= 4 is 26.7 Å². The fourth-order valence-electron chi connectivity index (χ4n) is 1.05. The van der Waals surface area contributed by atoms with Crippen LogP contribution in [0.1, 0.15) is 0 Å². The first-order chi connectivity index (χ1) is 5.83.